The number of rotatable bonds is 6. The van der Waals surface area contributed by atoms with Gasteiger partial charge in [-0.1, -0.05) is 12.1 Å². The van der Waals surface area contributed by atoms with E-state index in [2.05, 4.69) is 20.4 Å². The second kappa shape index (κ2) is 8.17. The first-order valence-corrected chi connectivity index (χ1v) is 9.46. The summed E-state index contributed by atoms with van der Waals surface area (Å²) in [6.45, 7) is 3.29. The molecule has 2 aromatic heterocycles. The number of ether oxygens (including phenoxy) is 1. The van der Waals surface area contributed by atoms with E-state index in [1.807, 2.05) is 31.4 Å². The number of nitrogens with one attached hydrogen (secondary N) is 1. The van der Waals surface area contributed by atoms with Gasteiger partial charge < -0.3 is 10.1 Å². The fourth-order valence-corrected chi connectivity index (χ4v) is 3.24. The van der Waals surface area contributed by atoms with Crippen LogP contribution in [0.2, 0.25) is 0 Å². The standard InChI is InChI=1S/C18H19N5O3S/c1-11-13(12(2)23-18(21-11)19-10-20-23)8-17(25)26-9-16(24)22-14-6-4-5-7-15(14)27-3/h4-7,10H,8-9H2,1-3H3,(H,22,24). The molecule has 0 saturated carbocycles. The van der Waals surface area contributed by atoms with Gasteiger partial charge in [0.1, 0.15) is 6.33 Å². The number of anilines is 1. The molecule has 2 heterocycles. The molecule has 8 nitrogen and oxygen atoms in total. The van der Waals surface area contributed by atoms with E-state index in [1.165, 1.54) is 18.1 Å². The molecule has 0 aliphatic rings. The number of aryl methyl sites for hydroxylation is 2. The van der Waals surface area contributed by atoms with Crippen molar-refractivity contribution < 1.29 is 14.3 Å². The summed E-state index contributed by atoms with van der Waals surface area (Å²) in [5.41, 5.74) is 2.86. The van der Waals surface area contributed by atoms with Crippen molar-refractivity contribution in [3.8, 4) is 0 Å². The van der Waals surface area contributed by atoms with E-state index in [0.717, 1.165) is 10.6 Å². The third-order valence-corrected chi connectivity index (χ3v) is 4.85. The van der Waals surface area contributed by atoms with Crippen molar-refractivity contribution >= 4 is 35.1 Å². The van der Waals surface area contributed by atoms with Crippen LogP contribution in [-0.4, -0.2) is 44.3 Å². The Morgan fingerprint density at radius 1 is 1.26 bits per heavy atom. The van der Waals surface area contributed by atoms with Crippen LogP contribution in [0.25, 0.3) is 5.78 Å². The van der Waals surface area contributed by atoms with E-state index >= 15 is 0 Å². The predicted molar refractivity (Wildman–Crippen MR) is 102 cm³/mol. The molecule has 0 aliphatic heterocycles. The number of aromatic nitrogens is 4. The van der Waals surface area contributed by atoms with Crippen LogP contribution < -0.4 is 5.32 Å². The van der Waals surface area contributed by atoms with E-state index in [4.69, 9.17) is 4.74 Å². The van der Waals surface area contributed by atoms with Crippen molar-refractivity contribution in [2.45, 2.75) is 25.2 Å². The first kappa shape index (κ1) is 18.8. The van der Waals surface area contributed by atoms with Gasteiger partial charge in [-0.15, -0.1) is 11.8 Å². The van der Waals surface area contributed by atoms with Crippen molar-refractivity contribution in [1.82, 2.24) is 19.6 Å². The van der Waals surface area contributed by atoms with Gasteiger partial charge >= 0.3 is 5.97 Å². The summed E-state index contributed by atoms with van der Waals surface area (Å²) in [5, 5.41) is 6.84. The normalized spacial score (nSPS) is 10.8. The maximum atomic E-state index is 12.2. The average molecular weight is 385 g/mol. The summed E-state index contributed by atoms with van der Waals surface area (Å²) in [4.78, 5) is 33.6. The lowest BCUT2D eigenvalue weighted by Crippen LogP contribution is -2.22. The second-order valence-corrected chi connectivity index (χ2v) is 6.67. The van der Waals surface area contributed by atoms with Crippen LogP contribution in [0.1, 0.15) is 17.0 Å². The zero-order valence-electron chi connectivity index (χ0n) is 15.2. The summed E-state index contributed by atoms with van der Waals surface area (Å²) in [6.07, 6.45) is 3.35. The number of benzene rings is 1. The predicted octanol–water partition coefficient (Wildman–Crippen LogP) is 2.19. The number of amides is 1. The topological polar surface area (TPSA) is 98.5 Å². The Bertz CT molecular complexity index is 1000. The van der Waals surface area contributed by atoms with E-state index < -0.39 is 5.97 Å². The highest BCUT2D eigenvalue weighted by atomic mass is 32.2. The Balaban J connectivity index is 1.61. The van der Waals surface area contributed by atoms with E-state index in [-0.39, 0.29) is 18.9 Å². The van der Waals surface area contributed by atoms with Crippen LogP contribution in [0, 0.1) is 13.8 Å². The van der Waals surface area contributed by atoms with Gasteiger partial charge in [0.2, 0.25) is 0 Å². The number of fused-ring (bicyclic) bond motifs is 1. The minimum absolute atomic E-state index is 0.00907. The monoisotopic (exact) mass is 385 g/mol. The molecular formula is C18H19N5O3S. The molecule has 9 heteroatoms. The van der Waals surface area contributed by atoms with E-state index in [9.17, 15) is 9.59 Å². The maximum absolute atomic E-state index is 12.2. The molecule has 0 bridgehead atoms. The lowest BCUT2D eigenvalue weighted by atomic mass is 10.1. The number of thioether (sulfide) groups is 1. The van der Waals surface area contributed by atoms with Gasteiger partial charge in [-0.05, 0) is 32.2 Å². The molecule has 0 spiro atoms. The van der Waals surface area contributed by atoms with Crippen LogP contribution in [0.3, 0.4) is 0 Å². The molecule has 1 amide bonds. The van der Waals surface area contributed by atoms with Gasteiger partial charge in [0.15, 0.2) is 6.61 Å². The Morgan fingerprint density at radius 3 is 2.81 bits per heavy atom. The third-order valence-electron chi connectivity index (χ3n) is 4.06. The molecule has 0 unspecified atom stereocenters. The summed E-state index contributed by atoms with van der Waals surface area (Å²) in [7, 11) is 0. The van der Waals surface area contributed by atoms with Crippen molar-refractivity contribution in [3.05, 3.63) is 47.5 Å². The van der Waals surface area contributed by atoms with Crippen molar-refractivity contribution in [1.29, 1.82) is 0 Å². The zero-order valence-corrected chi connectivity index (χ0v) is 16.0. The maximum Gasteiger partial charge on any atom is 0.310 e. The Kier molecular flexibility index (Phi) is 5.70. The number of carbonyl (C=O) groups is 2. The van der Waals surface area contributed by atoms with Crippen LogP contribution in [0.4, 0.5) is 5.69 Å². The molecule has 1 aromatic carbocycles. The average Bonchev–Trinajstić information content (AvgIpc) is 3.12. The fourth-order valence-electron chi connectivity index (χ4n) is 2.69. The Labute approximate surface area is 160 Å². The van der Waals surface area contributed by atoms with Crippen LogP contribution in [0.5, 0.6) is 0 Å². The zero-order chi connectivity index (χ0) is 19.4. The summed E-state index contributed by atoms with van der Waals surface area (Å²) >= 11 is 1.53. The van der Waals surface area contributed by atoms with Crippen LogP contribution in [-0.2, 0) is 20.7 Å². The largest absolute Gasteiger partial charge is 0.455 e. The molecule has 1 N–H and O–H groups in total. The fraction of sp³-hybridized carbons (Fsp3) is 0.278. The highest BCUT2D eigenvalue weighted by Crippen LogP contribution is 2.24. The van der Waals surface area contributed by atoms with Crippen molar-refractivity contribution in [2.75, 3.05) is 18.2 Å². The lowest BCUT2D eigenvalue weighted by Gasteiger charge is -2.11. The van der Waals surface area contributed by atoms with Crippen molar-refractivity contribution in [3.63, 3.8) is 0 Å². The molecule has 27 heavy (non-hydrogen) atoms. The number of para-hydroxylation sites is 1. The van der Waals surface area contributed by atoms with Crippen molar-refractivity contribution in [2.24, 2.45) is 0 Å². The number of hydrogen-bond donors (Lipinski definition) is 1. The SMILES string of the molecule is CSc1ccccc1NC(=O)COC(=O)Cc1c(C)nc2ncnn2c1C. The first-order chi connectivity index (χ1) is 13.0. The molecule has 0 radical (unpaired) electrons. The lowest BCUT2D eigenvalue weighted by molar-refractivity contribution is -0.146. The quantitative estimate of drug-likeness (QED) is 0.513. The molecule has 0 fully saturated rings. The highest BCUT2D eigenvalue weighted by Gasteiger charge is 2.16. The van der Waals surface area contributed by atoms with E-state index in [0.29, 0.717) is 22.7 Å². The molecule has 3 aromatic rings. The van der Waals surface area contributed by atoms with Crippen LogP contribution in [0.15, 0.2) is 35.5 Å². The van der Waals surface area contributed by atoms with Gasteiger partial charge in [0.05, 0.1) is 12.1 Å². The molecular weight excluding hydrogens is 366 g/mol. The number of hydrogen-bond acceptors (Lipinski definition) is 7. The van der Waals surface area contributed by atoms with Gasteiger partial charge in [-0.2, -0.15) is 10.1 Å². The minimum Gasteiger partial charge on any atom is -0.455 e. The molecule has 0 aliphatic carbocycles. The van der Waals surface area contributed by atoms with Gasteiger partial charge in [-0.3, -0.25) is 9.59 Å². The number of nitrogens with zero attached hydrogens (tertiary/aromatic N) is 4. The summed E-state index contributed by atoms with van der Waals surface area (Å²) < 4.78 is 6.70. The number of carbonyl (C=O) groups excluding carboxylic acids is 2. The Morgan fingerprint density at radius 2 is 2.04 bits per heavy atom. The molecule has 0 saturated heterocycles. The summed E-state index contributed by atoms with van der Waals surface area (Å²) in [5.74, 6) is -0.409. The third kappa shape index (κ3) is 4.25. The van der Waals surface area contributed by atoms with Gasteiger partial charge in [-0.25, -0.2) is 9.50 Å². The highest BCUT2D eigenvalue weighted by molar-refractivity contribution is 7.98. The minimum atomic E-state index is -0.504. The van der Waals surface area contributed by atoms with Crippen LogP contribution >= 0.6 is 11.8 Å². The summed E-state index contributed by atoms with van der Waals surface area (Å²) in [6, 6.07) is 7.44. The molecule has 0 atom stereocenters. The second-order valence-electron chi connectivity index (χ2n) is 5.82. The molecule has 3 rings (SSSR count). The Hall–Kier alpha value is -2.94. The first-order valence-electron chi connectivity index (χ1n) is 8.24. The molecule has 140 valence electrons. The van der Waals surface area contributed by atoms with Gasteiger partial charge in [0.25, 0.3) is 11.7 Å². The van der Waals surface area contributed by atoms with Gasteiger partial charge in [0, 0.05) is 21.8 Å². The number of esters is 1. The smallest absolute Gasteiger partial charge is 0.310 e. The van der Waals surface area contributed by atoms with E-state index in [1.54, 1.807) is 17.5 Å².